The Kier molecular flexibility index (Phi) is 9.25. The van der Waals surface area contributed by atoms with E-state index in [1.165, 1.54) is 18.3 Å². The Balaban J connectivity index is 1.79. The van der Waals surface area contributed by atoms with Gasteiger partial charge in [-0.1, -0.05) is 37.3 Å². The van der Waals surface area contributed by atoms with Crippen LogP contribution in [0.15, 0.2) is 88.9 Å². The first kappa shape index (κ1) is 25.8. The van der Waals surface area contributed by atoms with Crippen molar-refractivity contribution in [1.82, 2.24) is 5.43 Å². The zero-order valence-corrected chi connectivity index (χ0v) is 20.6. The molecule has 3 aromatic carbocycles. The topological polar surface area (TPSA) is 97.3 Å². The molecule has 0 radical (unpaired) electrons. The van der Waals surface area contributed by atoms with Crippen molar-refractivity contribution >= 4 is 27.8 Å². The van der Waals surface area contributed by atoms with Crippen LogP contribution in [-0.4, -0.2) is 40.3 Å². The maximum absolute atomic E-state index is 13.5. The number of carbonyl (C=O) groups is 1. The molecule has 9 heteroatoms. The fraction of sp³-hybridized carbons (Fsp3) is 0.231. The molecule has 0 aromatic heterocycles. The van der Waals surface area contributed by atoms with Crippen LogP contribution in [0.25, 0.3) is 0 Å². The summed E-state index contributed by atoms with van der Waals surface area (Å²) in [6.45, 7) is 4.33. The smallest absolute Gasteiger partial charge is 0.264 e. The largest absolute Gasteiger partial charge is 0.494 e. The normalized spacial score (nSPS) is 11.3. The molecule has 3 aromatic rings. The van der Waals surface area contributed by atoms with Crippen LogP contribution in [0.5, 0.6) is 11.5 Å². The number of hydrogen-bond acceptors (Lipinski definition) is 6. The van der Waals surface area contributed by atoms with E-state index in [2.05, 4.69) is 10.5 Å². The molecule has 0 fully saturated rings. The van der Waals surface area contributed by atoms with Crippen molar-refractivity contribution in [3.05, 3.63) is 84.4 Å². The predicted molar refractivity (Wildman–Crippen MR) is 137 cm³/mol. The average molecular weight is 496 g/mol. The number of amides is 1. The summed E-state index contributed by atoms with van der Waals surface area (Å²) in [5.41, 5.74) is 3.43. The maximum atomic E-state index is 13.5. The van der Waals surface area contributed by atoms with Crippen LogP contribution in [-0.2, 0) is 14.8 Å². The van der Waals surface area contributed by atoms with Crippen molar-refractivity contribution in [3.8, 4) is 11.5 Å². The number of sulfonamides is 1. The summed E-state index contributed by atoms with van der Waals surface area (Å²) < 4.78 is 39.1. The highest BCUT2D eigenvalue weighted by Gasteiger charge is 2.29. The number of carbonyl (C=O) groups excluding carboxylic acids is 1. The molecule has 1 N–H and O–H groups in total. The highest BCUT2D eigenvalue weighted by molar-refractivity contribution is 7.92. The third-order valence-electron chi connectivity index (χ3n) is 4.81. The van der Waals surface area contributed by atoms with E-state index in [1.807, 2.05) is 31.2 Å². The van der Waals surface area contributed by atoms with Crippen molar-refractivity contribution in [2.45, 2.75) is 25.2 Å². The summed E-state index contributed by atoms with van der Waals surface area (Å²) in [4.78, 5) is 12.8. The molecule has 3 rings (SSSR count). The lowest BCUT2D eigenvalue weighted by molar-refractivity contribution is -0.119. The molecular weight excluding hydrogens is 466 g/mol. The van der Waals surface area contributed by atoms with Crippen LogP contribution in [0, 0.1) is 0 Å². The van der Waals surface area contributed by atoms with Gasteiger partial charge in [0.2, 0.25) is 0 Å². The zero-order chi connectivity index (χ0) is 25.1. The van der Waals surface area contributed by atoms with Crippen molar-refractivity contribution in [2.75, 3.05) is 24.1 Å². The number of nitrogens with zero attached hydrogens (tertiary/aromatic N) is 2. The lowest BCUT2D eigenvalue weighted by Gasteiger charge is -2.25. The van der Waals surface area contributed by atoms with Gasteiger partial charge in [-0.15, -0.1) is 0 Å². The Bertz CT molecular complexity index is 1230. The van der Waals surface area contributed by atoms with E-state index in [1.54, 1.807) is 49.4 Å². The highest BCUT2D eigenvalue weighted by atomic mass is 32.2. The summed E-state index contributed by atoms with van der Waals surface area (Å²) in [5, 5.41) is 3.98. The van der Waals surface area contributed by atoms with Crippen molar-refractivity contribution in [3.63, 3.8) is 0 Å². The molecule has 184 valence electrons. The summed E-state index contributed by atoms with van der Waals surface area (Å²) in [5.74, 6) is 0.508. The predicted octanol–water partition coefficient (Wildman–Crippen LogP) is 4.22. The molecule has 0 aliphatic heterocycles. The van der Waals surface area contributed by atoms with Gasteiger partial charge in [0.05, 0.1) is 30.0 Å². The number of nitrogens with one attached hydrogen (secondary N) is 1. The van der Waals surface area contributed by atoms with Crippen LogP contribution in [0.2, 0.25) is 0 Å². The quantitative estimate of drug-likeness (QED) is 0.300. The van der Waals surface area contributed by atoms with Gasteiger partial charge in [0.15, 0.2) is 0 Å². The fourth-order valence-corrected chi connectivity index (χ4v) is 4.63. The van der Waals surface area contributed by atoms with Gasteiger partial charge >= 0.3 is 0 Å². The molecule has 35 heavy (non-hydrogen) atoms. The molecule has 0 saturated carbocycles. The number of benzene rings is 3. The number of rotatable bonds is 12. The van der Waals surface area contributed by atoms with Gasteiger partial charge in [-0.25, -0.2) is 13.8 Å². The summed E-state index contributed by atoms with van der Waals surface area (Å²) in [6.07, 6.45) is 2.40. The minimum atomic E-state index is -4.05. The van der Waals surface area contributed by atoms with E-state index < -0.39 is 22.5 Å². The number of anilines is 1. The van der Waals surface area contributed by atoms with Gasteiger partial charge in [-0.2, -0.15) is 5.10 Å². The molecule has 0 aliphatic carbocycles. The molecule has 0 aliphatic rings. The Morgan fingerprint density at radius 1 is 0.943 bits per heavy atom. The van der Waals surface area contributed by atoms with Crippen LogP contribution < -0.4 is 19.2 Å². The monoisotopic (exact) mass is 495 g/mol. The molecule has 0 spiro atoms. The zero-order valence-electron chi connectivity index (χ0n) is 19.8. The second-order valence-electron chi connectivity index (χ2n) is 7.44. The second-order valence-corrected chi connectivity index (χ2v) is 9.30. The first-order chi connectivity index (χ1) is 17.0. The van der Waals surface area contributed by atoms with Gasteiger partial charge in [0, 0.05) is 0 Å². The van der Waals surface area contributed by atoms with E-state index in [-0.39, 0.29) is 10.6 Å². The van der Waals surface area contributed by atoms with E-state index in [4.69, 9.17) is 9.47 Å². The number of para-hydroxylation sites is 2. The average Bonchev–Trinajstić information content (AvgIpc) is 2.88. The van der Waals surface area contributed by atoms with Crippen molar-refractivity contribution in [1.29, 1.82) is 0 Å². The summed E-state index contributed by atoms with van der Waals surface area (Å²) in [6, 6.07) is 21.9. The van der Waals surface area contributed by atoms with Gasteiger partial charge in [0.1, 0.15) is 18.0 Å². The van der Waals surface area contributed by atoms with E-state index in [0.29, 0.717) is 19.0 Å². The van der Waals surface area contributed by atoms with Crippen LogP contribution in [0.4, 0.5) is 5.69 Å². The number of hydrazone groups is 1. The van der Waals surface area contributed by atoms with Crippen LogP contribution in [0.3, 0.4) is 0 Å². The van der Waals surface area contributed by atoms with E-state index >= 15 is 0 Å². The third-order valence-corrected chi connectivity index (χ3v) is 6.58. The maximum Gasteiger partial charge on any atom is 0.264 e. The van der Waals surface area contributed by atoms with Gasteiger partial charge in [-0.05, 0) is 67.4 Å². The Labute approximate surface area is 206 Å². The molecule has 0 atom stereocenters. The molecule has 8 nitrogen and oxygen atoms in total. The summed E-state index contributed by atoms with van der Waals surface area (Å²) >= 11 is 0. The first-order valence-electron chi connectivity index (χ1n) is 11.3. The summed E-state index contributed by atoms with van der Waals surface area (Å²) in [7, 11) is -4.05. The third kappa shape index (κ3) is 7.07. The van der Waals surface area contributed by atoms with Crippen LogP contribution in [0.1, 0.15) is 25.8 Å². The van der Waals surface area contributed by atoms with Crippen molar-refractivity contribution < 1.29 is 22.7 Å². The SMILES string of the molecule is CCCOc1ccc(/C=N\NC(=O)CN(c2ccccc2OCC)S(=O)(=O)c2ccccc2)cc1. The first-order valence-corrected chi connectivity index (χ1v) is 12.7. The fourth-order valence-electron chi connectivity index (χ4n) is 3.17. The lowest BCUT2D eigenvalue weighted by atomic mass is 10.2. The molecule has 0 unspecified atom stereocenters. The standard InChI is InChI=1S/C26H29N3O5S/c1-3-18-34-22-16-14-21(15-17-22)19-27-28-26(30)20-29(24-12-8-9-13-25(24)33-4-2)35(31,32)23-10-6-5-7-11-23/h5-17,19H,3-4,18,20H2,1-2H3,(H,28,30)/b27-19-. The Hall–Kier alpha value is -3.85. The number of ether oxygens (including phenoxy) is 2. The van der Waals surface area contributed by atoms with Crippen LogP contribution >= 0.6 is 0 Å². The highest BCUT2D eigenvalue weighted by Crippen LogP contribution is 2.32. The minimum Gasteiger partial charge on any atom is -0.494 e. The second kappa shape index (κ2) is 12.6. The molecule has 0 heterocycles. The molecular formula is C26H29N3O5S. The molecule has 0 bridgehead atoms. The van der Waals surface area contributed by atoms with Gasteiger partial charge < -0.3 is 9.47 Å². The van der Waals surface area contributed by atoms with Gasteiger partial charge in [-0.3, -0.25) is 9.10 Å². The van der Waals surface area contributed by atoms with E-state index in [0.717, 1.165) is 22.0 Å². The molecule has 1 amide bonds. The van der Waals surface area contributed by atoms with Gasteiger partial charge in [0.25, 0.3) is 15.9 Å². The van der Waals surface area contributed by atoms with Crippen molar-refractivity contribution in [2.24, 2.45) is 5.10 Å². The van der Waals surface area contributed by atoms with E-state index in [9.17, 15) is 13.2 Å². The number of hydrogen-bond donors (Lipinski definition) is 1. The molecule has 0 saturated heterocycles. The Morgan fingerprint density at radius 3 is 2.31 bits per heavy atom. The minimum absolute atomic E-state index is 0.0629. The Morgan fingerprint density at radius 2 is 1.63 bits per heavy atom. The lowest BCUT2D eigenvalue weighted by Crippen LogP contribution is -2.39.